The van der Waals surface area contributed by atoms with E-state index in [2.05, 4.69) is 123 Å². The highest BCUT2D eigenvalue weighted by molar-refractivity contribution is 7.09. The van der Waals surface area contributed by atoms with Crippen LogP contribution in [-0.2, 0) is 24.4 Å². The van der Waals surface area contributed by atoms with E-state index in [-0.39, 0.29) is 39.2 Å². The molecule has 0 amide bonds. The van der Waals surface area contributed by atoms with Gasteiger partial charge in [0.2, 0.25) is 0 Å². The average Bonchev–Trinajstić information content (AvgIpc) is 3.66. The molecule has 3 aromatic rings. The van der Waals surface area contributed by atoms with Crippen molar-refractivity contribution in [3.05, 3.63) is 28.7 Å². The van der Waals surface area contributed by atoms with Gasteiger partial charge in [-0.05, 0) is 65.8 Å². The van der Waals surface area contributed by atoms with E-state index in [1.165, 1.54) is 4.88 Å². The number of anilines is 1. The quantitative estimate of drug-likeness (QED) is 0.182. The van der Waals surface area contributed by atoms with Crippen molar-refractivity contribution in [1.29, 1.82) is 0 Å². The smallest absolute Gasteiger partial charge is 0.320 e. The van der Waals surface area contributed by atoms with Gasteiger partial charge in [0.1, 0.15) is 18.3 Å². The van der Waals surface area contributed by atoms with E-state index in [0.29, 0.717) is 24.4 Å². The number of hydrogen-bond acceptors (Lipinski definition) is 10. The molecule has 0 unspecified atom stereocenters. The zero-order valence-corrected chi connectivity index (χ0v) is 35.9. The lowest BCUT2D eigenvalue weighted by Gasteiger charge is -2.44. The van der Waals surface area contributed by atoms with Gasteiger partial charge in [0.15, 0.2) is 48.2 Å². The highest BCUT2D eigenvalue weighted by Crippen LogP contribution is 2.47. The van der Waals surface area contributed by atoms with Crippen LogP contribution < -0.4 is 10.5 Å². The van der Waals surface area contributed by atoms with Crippen molar-refractivity contribution >= 4 is 53.3 Å². The molecule has 14 heteroatoms. The van der Waals surface area contributed by atoms with Gasteiger partial charge in [-0.1, -0.05) is 68.4 Å². The number of rotatable bonds is 12. The Labute approximate surface area is 295 Å². The number of aromatic nitrogens is 4. The Hall–Kier alpha value is -1.66. The molecule has 10 nitrogen and oxygen atoms in total. The molecule has 0 aromatic carbocycles. The predicted octanol–water partition coefficient (Wildman–Crippen LogP) is 8.79. The second kappa shape index (κ2) is 13.8. The molecule has 0 bridgehead atoms. The van der Waals surface area contributed by atoms with Gasteiger partial charge in [-0.15, -0.1) is 11.3 Å². The van der Waals surface area contributed by atoms with Gasteiger partial charge in [0, 0.05) is 11.3 Å². The summed E-state index contributed by atoms with van der Waals surface area (Å²) in [5.41, 5.74) is 7.49. The molecule has 1 fully saturated rings. The Kier molecular flexibility index (Phi) is 11.3. The summed E-state index contributed by atoms with van der Waals surface area (Å²) in [6.07, 6.45) is 0.733. The van der Waals surface area contributed by atoms with Gasteiger partial charge in [-0.25, -0.2) is 4.98 Å². The zero-order chi connectivity index (χ0) is 36.1. The van der Waals surface area contributed by atoms with Gasteiger partial charge < -0.3 is 28.5 Å². The molecule has 270 valence electrons. The van der Waals surface area contributed by atoms with E-state index in [1.54, 1.807) is 17.7 Å². The van der Waals surface area contributed by atoms with Crippen LogP contribution in [0.3, 0.4) is 0 Å². The molecule has 0 aliphatic carbocycles. The maximum absolute atomic E-state index is 7.33. The van der Waals surface area contributed by atoms with Crippen LogP contribution >= 0.6 is 11.3 Å². The molecule has 4 atom stereocenters. The molecule has 1 aliphatic rings. The Morgan fingerprint density at radius 3 is 1.98 bits per heavy atom. The molecule has 1 saturated heterocycles. The van der Waals surface area contributed by atoms with Gasteiger partial charge in [-0.2, -0.15) is 9.97 Å². The van der Waals surface area contributed by atoms with Crippen LogP contribution in [-0.4, -0.2) is 76.0 Å². The SMILES string of the molecule is CC(C)(C)[Si](C)(C)OC[C@H]1O[C@@H](n2cnc3c(N)nc(OCCc4cccs4)nc32)[C@H](O[Si](C)(C)C(C)(C)C)[C@@H]1O[Si](C)(C)C(C)(C)C. The number of hydrogen-bond donors (Lipinski definition) is 1. The van der Waals surface area contributed by atoms with Crippen LogP contribution in [0.2, 0.25) is 54.4 Å². The van der Waals surface area contributed by atoms with Gasteiger partial charge in [0.05, 0.1) is 19.5 Å². The van der Waals surface area contributed by atoms with Crippen LogP contribution in [0.5, 0.6) is 6.01 Å². The molecule has 4 rings (SSSR count). The molecule has 3 aromatic heterocycles. The second-order valence-electron chi connectivity index (χ2n) is 17.7. The van der Waals surface area contributed by atoms with Crippen LogP contribution in [0, 0.1) is 0 Å². The van der Waals surface area contributed by atoms with Crippen LogP contribution in [0.15, 0.2) is 23.8 Å². The van der Waals surface area contributed by atoms with Crippen molar-refractivity contribution < 1.29 is 22.8 Å². The topological polar surface area (TPSA) is 116 Å². The lowest BCUT2D eigenvalue weighted by molar-refractivity contribution is -0.0470. The monoisotopic (exact) mass is 735 g/mol. The highest BCUT2D eigenvalue weighted by atomic mass is 32.1. The van der Waals surface area contributed by atoms with Gasteiger partial charge in [0.25, 0.3) is 0 Å². The molecular formula is C34H61N5O5SSi3. The molecule has 4 heterocycles. The minimum atomic E-state index is -2.33. The number of thiophene rings is 1. The predicted molar refractivity (Wildman–Crippen MR) is 204 cm³/mol. The van der Waals surface area contributed by atoms with E-state index < -0.39 is 37.3 Å². The first-order chi connectivity index (χ1) is 21.8. The molecule has 1 aliphatic heterocycles. The van der Waals surface area contributed by atoms with Gasteiger partial charge >= 0.3 is 6.01 Å². The summed E-state index contributed by atoms with van der Waals surface area (Å²) in [6, 6.07) is 4.34. The minimum Gasteiger partial charge on any atom is -0.463 e. The maximum atomic E-state index is 7.33. The summed E-state index contributed by atoms with van der Waals surface area (Å²) in [7, 11) is -6.72. The van der Waals surface area contributed by atoms with Crippen LogP contribution in [0.1, 0.15) is 73.4 Å². The first-order valence-corrected chi connectivity index (χ1v) is 26.8. The van der Waals surface area contributed by atoms with Crippen LogP contribution in [0.4, 0.5) is 5.82 Å². The lowest BCUT2D eigenvalue weighted by atomic mass is 10.1. The third-order valence-electron chi connectivity index (χ3n) is 11.0. The molecule has 0 saturated carbocycles. The normalized spacial score (nSPS) is 21.7. The average molecular weight is 736 g/mol. The Morgan fingerprint density at radius 2 is 1.44 bits per heavy atom. The number of nitrogen functional groups attached to an aromatic ring is 1. The van der Waals surface area contributed by atoms with Crippen molar-refractivity contribution in [2.45, 2.75) is 148 Å². The van der Waals surface area contributed by atoms with Crippen LogP contribution in [0.25, 0.3) is 11.2 Å². The van der Waals surface area contributed by atoms with Crippen molar-refractivity contribution in [2.75, 3.05) is 18.9 Å². The number of fused-ring (bicyclic) bond motifs is 1. The largest absolute Gasteiger partial charge is 0.463 e. The summed E-state index contributed by atoms with van der Waals surface area (Å²) < 4.78 is 36.5. The third-order valence-corrected chi connectivity index (χ3v) is 25.4. The summed E-state index contributed by atoms with van der Waals surface area (Å²) in [5.74, 6) is 0.261. The number of imidazole rings is 1. The highest BCUT2D eigenvalue weighted by Gasteiger charge is 2.55. The van der Waals surface area contributed by atoms with Crippen molar-refractivity contribution in [2.24, 2.45) is 0 Å². The Bertz CT molecular complexity index is 1530. The van der Waals surface area contributed by atoms with E-state index in [0.717, 1.165) is 6.42 Å². The molecule has 48 heavy (non-hydrogen) atoms. The zero-order valence-electron chi connectivity index (χ0n) is 32.1. The first kappa shape index (κ1) is 39.1. The summed E-state index contributed by atoms with van der Waals surface area (Å²) in [6.45, 7) is 34.8. The first-order valence-electron chi connectivity index (χ1n) is 17.1. The minimum absolute atomic E-state index is 0.0177. The number of nitrogens with zero attached hydrogens (tertiary/aromatic N) is 4. The maximum Gasteiger partial charge on any atom is 0.320 e. The fourth-order valence-corrected chi connectivity index (χ4v) is 9.05. The Balaban J connectivity index is 1.79. The molecular weight excluding hydrogens is 675 g/mol. The van der Waals surface area contributed by atoms with E-state index in [4.69, 9.17) is 33.5 Å². The fourth-order valence-electron chi connectivity index (χ4n) is 4.74. The van der Waals surface area contributed by atoms with Crippen molar-refractivity contribution in [3.8, 4) is 6.01 Å². The molecule has 2 N–H and O–H groups in total. The fraction of sp³-hybridized carbons (Fsp3) is 0.735. The van der Waals surface area contributed by atoms with E-state index in [1.807, 2.05) is 10.6 Å². The summed E-state index contributed by atoms with van der Waals surface area (Å²) in [5, 5.41) is 2.05. The number of ether oxygens (including phenoxy) is 2. The van der Waals surface area contributed by atoms with Crippen molar-refractivity contribution in [3.63, 3.8) is 0 Å². The van der Waals surface area contributed by atoms with E-state index >= 15 is 0 Å². The standard InChI is InChI=1S/C34H61N5O5SSi3/c1-32(2,3)46(10,11)41-21-24-26(43-47(12,13)33(4,5)6)27(44-48(14,15)34(7,8)9)30(42-24)39-22-36-25-28(35)37-31(38-29(25)39)40-19-18-23-17-16-20-45-23/h16-17,20,22,24,26-27,30H,18-19,21H2,1-15H3,(H2,35,37,38)/t24-,26-,27-,30-/m1/s1. The van der Waals surface area contributed by atoms with E-state index in [9.17, 15) is 0 Å². The third kappa shape index (κ3) is 8.44. The van der Waals surface area contributed by atoms with Crippen molar-refractivity contribution in [1.82, 2.24) is 19.5 Å². The summed E-state index contributed by atoms with van der Waals surface area (Å²) >= 11 is 1.70. The lowest BCUT2D eigenvalue weighted by Crippen LogP contribution is -2.54. The number of nitrogens with two attached hydrogens (primary N) is 1. The Morgan fingerprint density at radius 1 is 0.854 bits per heavy atom. The second-order valence-corrected chi connectivity index (χ2v) is 33.1. The summed E-state index contributed by atoms with van der Waals surface area (Å²) in [4.78, 5) is 15.2. The molecule has 0 spiro atoms. The molecule has 0 radical (unpaired) electrons. The van der Waals surface area contributed by atoms with Gasteiger partial charge in [-0.3, -0.25) is 4.57 Å².